The Labute approximate surface area is 296 Å². The van der Waals surface area contributed by atoms with Crippen molar-refractivity contribution >= 4 is 68.9 Å². The molecular weight excluding hydrogens is 693 g/mol. The van der Waals surface area contributed by atoms with E-state index in [0.29, 0.717) is 62.4 Å². The molecule has 2 aliphatic rings. The lowest BCUT2D eigenvalue weighted by molar-refractivity contribution is -0.132. The summed E-state index contributed by atoms with van der Waals surface area (Å²) in [6.45, 7) is 6.80. The number of anilines is 1. The van der Waals surface area contributed by atoms with E-state index in [-0.39, 0.29) is 22.6 Å². The number of benzene rings is 3. The van der Waals surface area contributed by atoms with E-state index < -0.39 is 17.7 Å². The van der Waals surface area contributed by atoms with Gasteiger partial charge in [0.1, 0.15) is 17.6 Å². The minimum atomic E-state index is -1.02. The van der Waals surface area contributed by atoms with Crippen LogP contribution in [0.25, 0.3) is 5.76 Å². The fourth-order valence-corrected chi connectivity index (χ4v) is 8.04. The van der Waals surface area contributed by atoms with Crippen molar-refractivity contribution in [2.45, 2.75) is 62.3 Å². The zero-order valence-corrected chi connectivity index (χ0v) is 29.6. The number of thioether (sulfide) groups is 1. The number of halogens is 2. The molecule has 1 fully saturated rings. The van der Waals surface area contributed by atoms with Crippen LogP contribution in [-0.4, -0.2) is 46.3 Å². The number of fused-ring (bicyclic) bond motifs is 1. The number of carbonyl (C=O) groups is 2. The molecule has 1 N–H and O–H groups in total. The number of rotatable bonds is 12. The van der Waals surface area contributed by atoms with Crippen LogP contribution in [0.15, 0.2) is 64.5 Å². The first kappa shape index (κ1) is 34.1. The molecule has 1 aromatic heterocycles. The number of aliphatic hydroxyl groups is 1. The van der Waals surface area contributed by atoms with Gasteiger partial charge in [0.2, 0.25) is 5.13 Å². The predicted molar refractivity (Wildman–Crippen MR) is 189 cm³/mol. The number of ketones is 1. The van der Waals surface area contributed by atoms with Crippen molar-refractivity contribution in [2.24, 2.45) is 0 Å². The molecule has 0 unspecified atom stereocenters. The van der Waals surface area contributed by atoms with Crippen LogP contribution in [-0.2, 0) is 21.8 Å². The number of carbonyl (C=O) groups excluding carboxylic acids is 2. The van der Waals surface area contributed by atoms with Crippen molar-refractivity contribution in [1.29, 1.82) is 0 Å². The second kappa shape index (κ2) is 14.8. The van der Waals surface area contributed by atoms with Crippen LogP contribution in [0, 0.1) is 0 Å². The molecular formula is C35H33Cl2N3O6S2. The lowest BCUT2D eigenvalue weighted by Crippen LogP contribution is -2.29. The van der Waals surface area contributed by atoms with E-state index in [1.54, 1.807) is 48.5 Å². The Morgan fingerprint density at radius 1 is 1.06 bits per heavy atom. The number of amides is 1. The van der Waals surface area contributed by atoms with Crippen LogP contribution in [0.4, 0.5) is 5.13 Å². The summed E-state index contributed by atoms with van der Waals surface area (Å²) < 4.78 is 18.3. The molecule has 1 saturated heterocycles. The fraction of sp³-hybridized carbons (Fsp3) is 0.314. The maximum atomic E-state index is 13.8. The van der Waals surface area contributed by atoms with Crippen LogP contribution >= 0.6 is 46.3 Å². The smallest absolute Gasteiger partial charge is 0.301 e. The highest BCUT2D eigenvalue weighted by molar-refractivity contribution is 8.00. The van der Waals surface area contributed by atoms with Crippen LogP contribution in [0.5, 0.6) is 17.2 Å². The third-order valence-corrected chi connectivity index (χ3v) is 10.6. The van der Waals surface area contributed by atoms with Gasteiger partial charge in [0, 0.05) is 27.8 Å². The van der Waals surface area contributed by atoms with Gasteiger partial charge in [0.25, 0.3) is 5.78 Å². The van der Waals surface area contributed by atoms with Crippen LogP contribution in [0.3, 0.4) is 0 Å². The predicted octanol–water partition coefficient (Wildman–Crippen LogP) is 8.66. The first-order chi connectivity index (χ1) is 23.2. The van der Waals surface area contributed by atoms with Crippen LogP contribution in [0.2, 0.25) is 10.0 Å². The summed E-state index contributed by atoms with van der Waals surface area (Å²) in [5.41, 5.74) is 2.66. The standard InChI is InChI=1S/C35H33Cl2N3O6S2/c1-4-6-13-45-27-12-8-20(16-28(27)44-5-2)30-29(31(41)21-9-11-26-23(15-21)14-19(3)46-26)32(42)33(43)40(30)34-38-39-35(48-34)47-18-22-7-10-24(36)17-25(22)37/h7-12,15-17,19,30,41H,4-6,13-14,18H2,1-3H3/t19-,30-/m1/s1. The Morgan fingerprint density at radius 2 is 1.90 bits per heavy atom. The second-order valence-corrected chi connectivity index (χ2v) is 14.4. The van der Waals surface area contributed by atoms with Crippen molar-refractivity contribution in [3.8, 4) is 17.2 Å². The largest absolute Gasteiger partial charge is 0.507 e. The van der Waals surface area contributed by atoms with E-state index >= 15 is 0 Å². The number of aliphatic hydroxyl groups excluding tert-OH is 1. The van der Waals surface area contributed by atoms with E-state index in [1.165, 1.54) is 28.0 Å². The summed E-state index contributed by atoms with van der Waals surface area (Å²) >= 11 is 15.0. The first-order valence-corrected chi connectivity index (χ1v) is 18.1. The summed E-state index contributed by atoms with van der Waals surface area (Å²) in [4.78, 5) is 29.0. The Hall–Kier alpha value is -3.77. The lowest BCUT2D eigenvalue weighted by Gasteiger charge is -2.23. The lowest BCUT2D eigenvalue weighted by atomic mass is 9.94. The molecule has 48 heavy (non-hydrogen) atoms. The maximum absolute atomic E-state index is 13.8. The van der Waals surface area contributed by atoms with Gasteiger partial charge in [-0.2, -0.15) is 0 Å². The fourth-order valence-electron chi connectivity index (χ4n) is 5.62. The quantitative estimate of drug-likeness (QED) is 0.0383. The van der Waals surface area contributed by atoms with Crippen molar-refractivity contribution in [3.63, 3.8) is 0 Å². The molecule has 9 nitrogen and oxygen atoms in total. The SMILES string of the molecule is CCCCOc1ccc([C@@H]2C(=C(O)c3ccc4c(c3)C[C@@H](C)O4)C(=O)C(=O)N2c2nnc(SCc3ccc(Cl)cc3Cl)s2)cc1OCC. The van der Waals surface area contributed by atoms with Gasteiger partial charge in [-0.05, 0) is 79.4 Å². The molecule has 4 aromatic rings. The Morgan fingerprint density at radius 3 is 2.67 bits per heavy atom. The Balaban J connectivity index is 1.41. The average Bonchev–Trinajstić information content (AvgIpc) is 3.76. The summed E-state index contributed by atoms with van der Waals surface area (Å²) in [7, 11) is 0. The molecule has 0 saturated carbocycles. The maximum Gasteiger partial charge on any atom is 0.301 e. The molecule has 3 aromatic carbocycles. The van der Waals surface area contributed by atoms with Gasteiger partial charge in [0.15, 0.2) is 15.8 Å². The van der Waals surface area contributed by atoms with Crippen molar-refractivity contribution < 1.29 is 28.9 Å². The van der Waals surface area contributed by atoms with Crippen molar-refractivity contribution in [1.82, 2.24) is 10.2 Å². The molecule has 0 spiro atoms. The molecule has 0 radical (unpaired) electrons. The zero-order valence-electron chi connectivity index (χ0n) is 26.5. The van der Waals surface area contributed by atoms with Crippen molar-refractivity contribution in [3.05, 3.63) is 92.5 Å². The molecule has 0 bridgehead atoms. The van der Waals surface area contributed by atoms with Gasteiger partial charge in [0.05, 0.1) is 24.8 Å². The number of hydrogen-bond acceptors (Lipinski definition) is 10. The minimum Gasteiger partial charge on any atom is -0.507 e. The number of aromatic nitrogens is 2. The molecule has 250 valence electrons. The highest BCUT2D eigenvalue weighted by Crippen LogP contribution is 2.46. The number of nitrogens with zero attached hydrogens (tertiary/aromatic N) is 3. The minimum absolute atomic E-state index is 0.00166. The summed E-state index contributed by atoms with van der Waals surface area (Å²) in [6.07, 6.45) is 2.51. The number of unbranched alkanes of at least 4 members (excludes halogenated alkanes) is 1. The molecule has 1 amide bonds. The van der Waals surface area contributed by atoms with E-state index in [2.05, 4.69) is 17.1 Å². The second-order valence-electron chi connectivity index (χ2n) is 11.3. The molecule has 2 aliphatic heterocycles. The third kappa shape index (κ3) is 7.01. The van der Waals surface area contributed by atoms with Gasteiger partial charge in [-0.3, -0.25) is 14.5 Å². The molecule has 13 heteroatoms. The Kier molecular flexibility index (Phi) is 10.5. The molecule has 6 rings (SSSR count). The van der Waals surface area contributed by atoms with Crippen LogP contribution in [0.1, 0.15) is 61.9 Å². The number of ether oxygens (including phenoxy) is 3. The first-order valence-electron chi connectivity index (χ1n) is 15.6. The monoisotopic (exact) mass is 725 g/mol. The normalized spacial score (nSPS) is 18.2. The summed E-state index contributed by atoms with van der Waals surface area (Å²) in [5, 5.41) is 21.7. The van der Waals surface area contributed by atoms with Gasteiger partial charge in [-0.25, -0.2) is 0 Å². The van der Waals surface area contributed by atoms with E-state index in [0.717, 1.165) is 29.7 Å². The van der Waals surface area contributed by atoms with Crippen molar-refractivity contribution in [2.75, 3.05) is 18.1 Å². The van der Waals surface area contributed by atoms with E-state index in [9.17, 15) is 14.7 Å². The Bertz CT molecular complexity index is 1900. The van der Waals surface area contributed by atoms with Gasteiger partial charge in [-0.15, -0.1) is 10.2 Å². The average molecular weight is 727 g/mol. The van der Waals surface area contributed by atoms with Crippen LogP contribution < -0.4 is 19.1 Å². The van der Waals surface area contributed by atoms with E-state index in [4.69, 9.17) is 37.4 Å². The van der Waals surface area contributed by atoms with Gasteiger partial charge >= 0.3 is 5.91 Å². The van der Waals surface area contributed by atoms with Gasteiger partial charge < -0.3 is 19.3 Å². The zero-order chi connectivity index (χ0) is 33.9. The molecule has 3 heterocycles. The number of hydrogen-bond donors (Lipinski definition) is 1. The highest BCUT2D eigenvalue weighted by Gasteiger charge is 2.48. The van der Waals surface area contributed by atoms with Gasteiger partial charge in [-0.1, -0.05) is 71.8 Å². The third-order valence-electron chi connectivity index (χ3n) is 7.92. The highest BCUT2D eigenvalue weighted by atomic mass is 35.5. The topological polar surface area (TPSA) is 111 Å². The summed E-state index contributed by atoms with van der Waals surface area (Å²) in [6, 6.07) is 14.8. The van der Waals surface area contributed by atoms with E-state index in [1.807, 2.05) is 19.9 Å². The molecule has 0 aliphatic carbocycles. The number of Topliss-reactive ketones (excluding diaryl/α,β-unsaturated/α-hetero) is 1. The molecule has 2 atom stereocenters. The summed E-state index contributed by atoms with van der Waals surface area (Å²) in [5.74, 6) is 0.291.